The Balaban J connectivity index is 3.05. The molecule has 0 fully saturated rings. The van der Waals surface area contributed by atoms with Crippen LogP contribution in [0.5, 0.6) is 5.75 Å². The molecule has 0 bridgehead atoms. The first-order chi connectivity index (χ1) is 7.06. The average Bonchev–Trinajstić information content (AvgIpc) is 2.19. The standard InChI is InChI=1S/C13H17ClO/c1-5-10(4)11-7-6-8-12(13(11)14)15-9(2)3/h5-10H,1H2,2-4H3. The second-order valence-corrected chi connectivity index (χ2v) is 4.23. The monoisotopic (exact) mass is 224 g/mol. The molecule has 0 aromatic heterocycles. The third-order valence-electron chi connectivity index (χ3n) is 2.20. The number of halogens is 1. The van der Waals surface area contributed by atoms with Gasteiger partial charge in [0.25, 0.3) is 0 Å². The average molecular weight is 225 g/mol. The predicted molar refractivity (Wildman–Crippen MR) is 65.8 cm³/mol. The molecule has 1 nitrogen and oxygen atoms in total. The lowest BCUT2D eigenvalue weighted by molar-refractivity contribution is 0.242. The highest BCUT2D eigenvalue weighted by molar-refractivity contribution is 6.32. The highest BCUT2D eigenvalue weighted by Gasteiger charge is 2.11. The molecular formula is C13H17ClO. The van der Waals surface area contributed by atoms with Gasteiger partial charge in [0.1, 0.15) is 5.75 Å². The number of hydrogen-bond donors (Lipinski definition) is 0. The Morgan fingerprint density at radius 3 is 2.53 bits per heavy atom. The van der Waals surface area contributed by atoms with Crippen molar-refractivity contribution >= 4 is 11.6 Å². The van der Waals surface area contributed by atoms with Crippen LogP contribution in [0.4, 0.5) is 0 Å². The first kappa shape index (κ1) is 12.1. The molecule has 0 saturated carbocycles. The molecule has 0 N–H and O–H groups in total. The van der Waals surface area contributed by atoms with E-state index in [9.17, 15) is 0 Å². The molecule has 0 radical (unpaired) electrons. The molecule has 2 heteroatoms. The quantitative estimate of drug-likeness (QED) is 0.688. The summed E-state index contributed by atoms with van der Waals surface area (Å²) in [6, 6.07) is 5.85. The van der Waals surface area contributed by atoms with Gasteiger partial charge in [0.05, 0.1) is 11.1 Å². The third kappa shape index (κ3) is 3.00. The Labute approximate surface area is 96.7 Å². The topological polar surface area (TPSA) is 9.23 Å². The lowest BCUT2D eigenvalue weighted by atomic mass is 10.0. The summed E-state index contributed by atoms with van der Waals surface area (Å²) in [6.45, 7) is 9.80. The molecular weight excluding hydrogens is 208 g/mol. The molecule has 1 rings (SSSR count). The second kappa shape index (κ2) is 5.22. The van der Waals surface area contributed by atoms with Crippen LogP contribution in [0.1, 0.15) is 32.3 Å². The van der Waals surface area contributed by atoms with E-state index in [1.807, 2.05) is 38.1 Å². The van der Waals surface area contributed by atoms with Gasteiger partial charge in [-0.15, -0.1) is 6.58 Å². The minimum atomic E-state index is 0.136. The minimum absolute atomic E-state index is 0.136. The maximum absolute atomic E-state index is 6.25. The molecule has 0 saturated heterocycles. The van der Waals surface area contributed by atoms with Crippen LogP contribution in [-0.4, -0.2) is 6.10 Å². The summed E-state index contributed by atoms with van der Waals surface area (Å²) in [7, 11) is 0. The van der Waals surface area contributed by atoms with Crippen molar-refractivity contribution in [3.8, 4) is 5.75 Å². The molecule has 0 amide bonds. The molecule has 1 aromatic rings. The first-order valence-electron chi connectivity index (χ1n) is 5.14. The lowest BCUT2D eigenvalue weighted by Gasteiger charge is -2.15. The number of allylic oxidation sites excluding steroid dienone is 1. The molecule has 1 atom stereocenters. The highest BCUT2D eigenvalue weighted by atomic mass is 35.5. The van der Waals surface area contributed by atoms with Crippen molar-refractivity contribution < 1.29 is 4.74 Å². The molecule has 0 aliphatic carbocycles. The maximum atomic E-state index is 6.25. The number of benzene rings is 1. The smallest absolute Gasteiger partial charge is 0.138 e. The van der Waals surface area contributed by atoms with E-state index < -0.39 is 0 Å². The van der Waals surface area contributed by atoms with E-state index in [0.717, 1.165) is 11.3 Å². The molecule has 15 heavy (non-hydrogen) atoms. The largest absolute Gasteiger partial charge is 0.489 e. The number of rotatable bonds is 4. The van der Waals surface area contributed by atoms with Crippen molar-refractivity contribution in [2.75, 3.05) is 0 Å². The van der Waals surface area contributed by atoms with E-state index in [2.05, 4.69) is 13.5 Å². The van der Waals surface area contributed by atoms with Gasteiger partial charge in [-0.05, 0) is 25.5 Å². The SMILES string of the molecule is C=CC(C)c1cccc(OC(C)C)c1Cl. The van der Waals surface area contributed by atoms with Gasteiger partial charge in [0, 0.05) is 5.92 Å². The number of hydrogen-bond acceptors (Lipinski definition) is 1. The molecule has 82 valence electrons. The molecule has 0 heterocycles. The van der Waals surface area contributed by atoms with Crippen molar-refractivity contribution in [1.29, 1.82) is 0 Å². The van der Waals surface area contributed by atoms with Gasteiger partial charge in [-0.2, -0.15) is 0 Å². The zero-order valence-electron chi connectivity index (χ0n) is 9.46. The molecule has 0 aliphatic rings. The first-order valence-corrected chi connectivity index (χ1v) is 5.51. The zero-order chi connectivity index (χ0) is 11.4. The van der Waals surface area contributed by atoms with Crippen molar-refractivity contribution in [3.63, 3.8) is 0 Å². The van der Waals surface area contributed by atoms with Gasteiger partial charge < -0.3 is 4.74 Å². The Hall–Kier alpha value is -0.950. The Morgan fingerprint density at radius 2 is 2.00 bits per heavy atom. The van der Waals surface area contributed by atoms with E-state index in [1.165, 1.54) is 0 Å². The van der Waals surface area contributed by atoms with Crippen LogP contribution < -0.4 is 4.74 Å². The van der Waals surface area contributed by atoms with Crippen LogP contribution in [0.25, 0.3) is 0 Å². The maximum Gasteiger partial charge on any atom is 0.138 e. The zero-order valence-corrected chi connectivity index (χ0v) is 10.2. The van der Waals surface area contributed by atoms with Gasteiger partial charge in [0.15, 0.2) is 0 Å². The fourth-order valence-corrected chi connectivity index (χ4v) is 1.69. The summed E-state index contributed by atoms with van der Waals surface area (Å²) in [6.07, 6.45) is 2.01. The van der Waals surface area contributed by atoms with Crippen molar-refractivity contribution in [1.82, 2.24) is 0 Å². The third-order valence-corrected chi connectivity index (χ3v) is 2.60. The summed E-state index contributed by atoms with van der Waals surface area (Å²) < 4.78 is 5.61. The minimum Gasteiger partial charge on any atom is -0.489 e. The number of ether oxygens (including phenoxy) is 1. The Bertz CT molecular complexity index is 344. The normalized spacial score (nSPS) is 12.6. The van der Waals surface area contributed by atoms with Crippen LogP contribution in [0.15, 0.2) is 30.9 Å². The fourth-order valence-electron chi connectivity index (χ4n) is 1.35. The lowest BCUT2D eigenvalue weighted by Crippen LogP contribution is -2.06. The van der Waals surface area contributed by atoms with E-state index in [4.69, 9.17) is 16.3 Å². The van der Waals surface area contributed by atoms with Crippen molar-refractivity contribution in [2.24, 2.45) is 0 Å². The van der Waals surface area contributed by atoms with Gasteiger partial charge in [0.2, 0.25) is 0 Å². The summed E-state index contributed by atoms with van der Waals surface area (Å²) in [5, 5.41) is 0.693. The summed E-state index contributed by atoms with van der Waals surface area (Å²) in [4.78, 5) is 0. The summed E-state index contributed by atoms with van der Waals surface area (Å²) in [5.74, 6) is 0.992. The van der Waals surface area contributed by atoms with Crippen LogP contribution in [0.3, 0.4) is 0 Å². The van der Waals surface area contributed by atoms with Crippen LogP contribution in [-0.2, 0) is 0 Å². The van der Waals surface area contributed by atoms with Gasteiger partial charge in [-0.25, -0.2) is 0 Å². The van der Waals surface area contributed by atoms with E-state index in [0.29, 0.717) is 5.02 Å². The van der Waals surface area contributed by atoms with E-state index in [-0.39, 0.29) is 12.0 Å². The molecule has 0 aliphatic heterocycles. The Morgan fingerprint density at radius 1 is 1.33 bits per heavy atom. The summed E-state index contributed by atoms with van der Waals surface area (Å²) in [5.41, 5.74) is 1.06. The van der Waals surface area contributed by atoms with Crippen LogP contribution >= 0.6 is 11.6 Å². The predicted octanol–water partition coefficient (Wildman–Crippen LogP) is 4.42. The summed E-state index contributed by atoms with van der Waals surface area (Å²) >= 11 is 6.25. The van der Waals surface area contributed by atoms with Gasteiger partial charge in [-0.3, -0.25) is 0 Å². The van der Waals surface area contributed by atoms with Crippen LogP contribution in [0, 0.1) is 0 Å². The Kier molecular flexibility index (Phi) is 4.22. The molecule has 1 aromatic carbocycles. The fraction of sp³-hybridized carbons (Fsp3) is 0.385. The van der Waals surface area contributed by atoms with Crippen LogP contribution in [0.2, 0.25) is 5.02 Å². The molecule has 0 spiro atoms. The molecule has 1 unspecified atom stereocenters. The van der Waals surface area contributed by atoms with Gasteiger partial charge >= 0.3 is 0 Å². The second-order valence-electron chi connectivity index (χ2n) is 3.85. The highest BCUT2D eigenvalue weighted by Crippen LogP contribution is 2.33. The van der Waals surface area contributed by atoms with E-state index in [1.54, 1.807) is 0 Å². The van der Waals surface area contributed by atoms with Crippen molar-refractivity contribution in [3.05, 3.63) is 41.4 Å². The van der Waals surface area contributed by atoms with Crippen molar-refractivity contribution in [2.45, 2.75) is 32.8 Å². The van der Waals surface area contributed by atoms with E-state index >= 15 is 0 Å². The van der Waals surface area contributed by atoms with Gasteiger partial charge in [-0.1, -0.05) is 36.7 Å².